The number of hydrogen-bond donors (Lipinski definition) is 2. The van der Waals surface area contributed by atoms with Crippen LogP contribution in [0.2, 0.25) is 0 Å². The van der Waals surface area contributed by atoms with Crippen molar-refractivity contribution in [2.24, 2.45) is 0 Å². The zero-order valence-electron chi connectivity index (χ0n) is 10.7. The number of nitrogens with one attached hydrogen (secondary N) is 1. The van der Waals surface area contributed by atoms with Crippen LogP contribution in [0.1, 0.15) is 46.0 Å². The van der Waals surface area contributed by atoms with E-state index in [1.54, 1.807) is 4.31 Å². The molecule has 2 N–H and O–H groups in total. The molecular weight excluding hydrogens is 240 g/mol. The minimum absolute atomic E-state index is 0.0105. The lowest BCUT2D eigenvalue weighted by Crippen LogP contribution is -2.50. The first kappa shape index (κ1) is 14.9. The SMILES string of the molecule is CCC(CCO)NS(=O)(=O)N1CCCCC1C. The Bertz CT molecular complexity index is 319. The van der Waals surface area contributed by atoms with E-state index in [1.165, 1.54) is 0 Å². The fourth-order valence-corrected chi connectivity index (χ4v) is 4.00. The molecule has 0 aromatic carbocycles. The van der Waals surface area contributed by atoms with Crippen LogP contribution in [0.15, 0.2) is 0 Å². The second-order valence-electron chi connectivity index (χ2n) is 4.70. The molecule has 1 fully saturated rings. The normalized spacial score (nSPS) is 24.8. The molecule has 2 atom stereocenters. The van der Waals surface area contributed by atoms with Gasteiger partial charge < -0.3 is 5.11 Å². The van der Waals surface area contributed by atoms with Crippen molar-refractivity contribution in [3.05, 3.63) is 0 Å². The van der Waals surface area contributed by atoms with Gasteiger partial charge in [0.05, 0.1) is 0 Å². The molecule has 0 radical (unpaired) electrons. The van der Waals surface area contributed by atoms with Crippen molar-refractivity contribution < 1.29 is 13.5 Å². The standard InChI is InChI=1S/C11H24N2O3S/c1-3-11(7-9-14)12-17(15,16)13-8-5-4-6-10(13)2/h10-12,14H,3-9H2,1-2H3. The summed E-state index contributed by atoms with van der Waals surface area (Å²) in [7, 11) is -3.39. The predicted molar refractivity (Wildman–Crippen MR) is 67.9 cm³/mol. The van der Waals surface area contributed by atoms with Gasteiger partial charge in [0.2, 0.25) is 0 Å². The van der Waals surface area contributed by atoms with E-state index in [4.69, 9.17) is 5.11 Å². The summed E-state index contributed by atoms with van der Waals surface area (Å²) < 4.78 is 28.6. The Hall–Kier alpha value is -0.170. The van der Waals surface area contributed by atoms with Gasteiger partial charge in [-0.05, 0) is 32.6 Å². The van der Waals surface area contributed by atoms with E-state index in [0.717, 1.165) is 19.3 Å². The summed E-state index contributed by atoms with van der Waals surface area (Å²) >= 11 is 0. The fraction of sp³-hybridized carbons (Fsp3) is 1.00. The average molecular weight is 264 g/mol. The molecule has 1 heterocycles. The second-order valence-corrected chi connectivity index (χ2v) is 6.35. The van der Waals surface area contributed by atoms with Gasteiger partial charge in [0.15, 0.2) is 0 Å². The van der Waals surface area contributed by atoms with Gasteiger partial charge >= 0.3 is 0 Å². The topological polar surface area (TPSA) is 69.6 Å². The lowest BCUT2D eigenvalue weighted by molar-refractivity contribution is 0.253. The van der Waals surface area contributed by atoms with Crippen LogP contribution in [0.5, 0.6) is 0 Å². The maximum absolute atomic E-state index is 12.2. The molecule has 0 aromatic heterocycles. The number of piperidine rings is 1. The molecule has 5 nitrogen and oxygen atoms in total. The number of aliphatic hydroxyl groups excluding tert-OH is 1. The maximum atomic E-state index is 12.2. The Morgan fingerprint density at radius 3 is 2.71 bits per heavy atom. The van der Waals surface area contributed by atoms with Crippen LogP contribution in [-0.2, 0) is 10.2 Å². The molecule has 0 amide bonds. The van der Waals surface area contributed by atoms with Crippen molar-refractivity contribution in [1.82, 2.24) is 9.03 Å². The van der Waals surface area contributed by atoms with Crippen molar-refractivity contribution in [3.63, 3.8) is 0 Å². The third-order valence-electron chi connectivity index (χ3n) is 3.34. The molecular formula is C11H24N2O3S. The van der Waals surface area contributed by atoms with Gasteiger partial charge in [-0.3, -0.25) is 0 Å². The Morgan fingerprint density at radius 2 is 2.18 bits per heavy atom. The maximum Gasteiger partial charge on any atom is 0.279 e. The van der Waals surface area contributed by atoms with Crippen LogP contribution in [-0.4, -0.2) is 43.1 Å². The van der Waals surface area contributed by atoms with E-state index in [1.807, 2.05) is 13.8 Å². The quantitative estimate of drug-likeness (QED) is 0.747. The molecule has 6 heteroatoms. The zero-order chi connectivity index (χ0) is 12.9. The second kappa shape index (κ2) is 6.68. The summed E-state index contributed by atoms with van der Waals surface area (Å²) in [4.78, 5) is 0. The summed E-state index contributed by atoms with van der Waals surface area (Å²) in [6.45, 7) is 4.48. The Kier molecular flexibility index (Phi) is 5.85. The first-order valence-electron chi connectivity index (χ1n) is 6.41. The van der Waals surface area contributed by atoms with E-state index in [9.17, 15) is 8.42 Å². The van der Waals surface area contributed by atoms with Crippen LogP contribution in [0.3, 0.4) is 0 Å². The molecule has 0 aliphatic carbocycles. The van der Waals surface area contributed by atoms with Gasteiger partial charge in [-0.25, -0.2) is 0 Å². The van der Waals surface area contributed by atoms with E-state index >= 15 is 0 Å². The number of rotatable bonds is 6. The zero-order valence-corrected chi connectivity index (χ0v) is 11.5. The van der Waals surface area contributed by atoms with Gasteiger partial charge in [0.1, 0.15) is 0 Å². The molecule has 0 bridgehead atoms. The monoisotopic (exact) mass is 264 g/mol. The minimum atomic E-state index is -3.39. The summed E-state index contributed by atoms with van der Waals surface area (Å²) in [6, 6.07) is -0.0907. The summed E-state index contributed by atoms with van der Waals surface area (Å²) in [5.74, 6) is 0. The van der Waals surface area contributed by atoms with Gasteiger partial charge in [0.25, 0.3) is 10.2 Å². The third-order valence-corrected chi connectivity index (χ3v) is 5.13. The minimum Gasteiger partial charge on any atom is -0.396 e. The van der Waals surface area contributed by atoms with Crippen LogP contribution in [0, 0.1) is 0 Å². The molecule has 0 spiro atoms. The highest BCUT2D eigenvalue weighted by molar-refractivity contribution is 7.87. The Labute approximate surface area is 104 Å². The lowest BCUT2D eigenvalue weighted by Gasteiger charge is -2.33. The molecule has 17 heavy (non-hydrogen) atoms. The number of aliphatic hydroxyl groups is 1. The van der Waals surface area contributed by atoms with Gasteiger partial charge in [0, 0.05) is 25.2 Å². The molecule has 2 unspecified atom stereocenters. The molecule has 0 aromatic rings. The highest BCUT2D eigenvalue weighted by Gasteiger charge is 2.30. The number of hydrogen-bond acceptors (Lipinski definition) is 3. The van der Waals surface area contributed by atoms with Crippen LogP contribution >= 0.6 is 0 Å². The van der Waals surface area contributed by atoms with E-state index in [2.05, 4.69) is 4.72 Å². The Morgan fingerprint density at radius 1 is 1.47 bits per heavy atom. The molecule has 1 aliphatic heterocycles. The molecule has 1 saturated heterocycles. The molecule has 102 valence electrons. The fourth-order valence-electron chi connectivity index (χ4n) is 2.21. The highest BCUT2D eigenvalue weighted by atomic mass is 32.2. The molecule has 1 aliphatic rings. The van der Waals surface area contributed by atoms with Crippen molar-refractivity contribution in [1.29, 1.82) is 0 Å². The van der Waals surface area contributed by atoms with Gasteiger partial charge in [-0.1, -0.05) is 13.3 Å². The first-order chi connectivity index (χ1) is 8.01. The lowest BCUT2D eigenvalue weighted by atomic mass is 10.1. The van der Waals surface area contributed by atoms with E-state index in [0.29, 0.717) is 19.4 Å². The summed E-state index contributed by atoms with van der Waals surface area (Å²) in [5.41, 5.74) is 0. The van der Waals surface area contributed by atoms with E-state index < -0.39 is 10.2 Å². The van der Waals surface area contributed by atoms with Crippen molar-refractivity contribution in [2.75, 3.05) is 13.2 Å². The van der Waals surface area contributed by atoms with Gasteiger partial charge in [-0.2, -0.15) is 17.4 Å². The van der Waals surface area contributed by atoms with Crippen molar-refractivity contribution >= 4 is 10.2 Å². The van der Waals surface area contributed by atoms with Crippen LogP contribution in [0.25, 0.3) is 0 Å². The van der Waals surface area contributed by atoms with Crippen LogP contribution < -0.4 is 4.72 Å². The van der Waals surface area contributed by atoms with E-state index in [-0.39, 0.29) is 18.7 Å². The van der Waals surface area contributed by atoms with Gasteiger partial charge in [-0.15, -0.1) is 0 Å². The first-order valence-corrected chi connectivity index (χ1v) is 7.85. The van der Waals surface area contributed by atoms with Crippen molar-refractivity contribution in [2.45, 2.75) is 58.0 Å². The highest BCUT2D eigenvalue weighted by Crippen LogP contribution is 2.19. The third kappa shape index (κ3) is 4.21. The number of nitrogens with zero attached hydrogens (tertiary/aromatic N) is 1. The van der Waals surface area contributed by atoms with Crippen LogP contribution in [0.4, 0.5) is 0 Å². The smallest absolute Gasteiger partial charge is 0.279 e. The predicted octanol–water partition coefficient (Wildman–Crippen LogP) is 0.856. The molecule has 0 saturated carbocycles. The molecule has 1 rings (SSSR count). The average Bonchev–Trinajstić information content (AvgIpc) is 2.28. The summed E-state index contributed by atoms with van der Waals surface area (Å²) in [6.07, 6.45) is 4.13. The summed E-state index contributed by atoms with van der Waals surface area (Å²) in [5, 5.41) is 8.88. The largest absolute Gasteiger partial charge is 0.396 e. The Balaban J connectivity index is 2.65. The van der Waals surface area contributed by atoms with Crippen molar-refractivity contribution in [3.8, 4) is 0 Å².